The van der Waals surface area contributed by atoms with Crippen molar-refractivity contribution in [3.63, 3.8) is 0 Å². The summed E-state index contributed by atoms with van der Waals surface area (Å²) in [4.78, 5) is 163. The number of carbonyl (C=O) groups excluding carboxylic acids is 11. The molecule has 1 aromatic carbocycles. The highest BCUT2D eigenvalue weighted by Crippen LogP contribution is 2.28. The molecule has 0 radical (unpaired) electrons. The molecule has 3 heterocycles. The van der Waals surface area contributed by atoms with Crippen molar-refractivity contribution in [3.8, 4) is 5.75 Å². The lowest BCUT2D eigenvalue weighted by molar-refractivity contribution is -0.166. The van der Waals surface area contributed by atoms with Crippen LogP contribution in [-0.2, 0) is 73.4 Å². The van der Waals surface area contributed by atoms with Crippen molar-refractivity contribution in [1.29, 1.82) is 0 Å². The molecule has 3 saturated heterocycles. The number of amides is 7. The zero-order valence-corrected chi connectivity index (χ0v) is 50.7. The van der Waals surface area contributed by atoms with Crippen molar-refractivity contribution in [3.05, 3.63) is 29.8 Å². The highest BCUT2D eigenvalue weighted by molar-refractivity contribution is 6.05. The lowest BCUT2D eigenvalue weighted by Crippen LogP contribution is -2.62. The Labute approximate surface area is 482 Å². The summed E-state index contributed by atoms with van der Waals surface area (Å²) in [5.41, 5.74) is 0.559. The van der Waals surface area contributed by atoms with Gasteiger partial charge in [-0.2, -0.15) is 0 Å². The molecule has 0 aromatic heterocycles. The lowest BCUT2D eigenvalue weighted by Gasteiger charge is -2.37. The van der Waals surface area contributed by atoms with Crippen LogP contribution in [0.25, 0.3) is 0 Å². The van der Waals surface area contributed by atoms with E-state index in [0.29, 0.717) is 30.6 Å². The molecule has 4 rings (SSSR count). The van der Waals surface area contributed by atoms with Gasteiger partial charge in [-0.05, 0) is 101 Å². The van der Waals surface area contributed by atoms with Gasteiger partial charge in [0.2, 0.25) is 35.4 Å². The number of aliphatic hydroxyl groups excluding tert-OH is 1. The molecule has 7 amide bonds. The van der Waals surface area contributed by atoms with Gasteiger partial charge >= 0.3 is 17.9 Å². The zero-order chi connectivity index (χ0) is 61.6. The Morgan fingerprint density at radius 1 is 0.854 bits per heavy atom. The summed E-state index contributed by atoms with van der Waals surface area (Å²) in [5.74, 6) is -11.4. The van der Waals surface area contributed by atoms with Gasteiger partial charge < -0.3 is 59.6 Å². The number of ketones is 1. The Morgan fingerprint density at radius 2 is 1.49 bits per heavy atom. The average Bonchev–Trinajstić information content (AvgIpc) is 4.20. The minimum Gasteiger partial charge on any atom is -0.497 e. The molecule has 23 nitrogen and oxygen atoms in total. The highest BCUT2D eigenvalue weighted by atomic mass is 16.6. The van der Waals surface area contributed by atoms with Crippen LogP contribution in [0.3, 0.4) is 0 Å². The lowest BCUT2D eigenvalue weighted by atomic mass is 9.91. The van der Waals surface area contributed by atoms with Gasteiger partial charge in [-0.3, -0.25) is 47.9 Å². The van der Waals surface area contributed by atoms with Crippen molar-refractivity contribution in [2.24, 2.45) is 29.6 Å². The van der Waals surface area contributed by atoms with Gasteiger partial charge in [-0.25, -0.2) is 4.79 Å². The third kappa shape index (κ3) is 17.7. The van der Waals surface area contributed by atoms with Crippen LogP contribution in [0.2, 0.25) is 0 Å². The van der Waals surface area contributed by atoms with Gasteiger partial charge in [0.25, 0.3) is 5.91 Å². The minimum atomic E-state index is -1.80. The molecule has 0 aliphatic carbocycles. The number of cyclic esters (lactones) is 2. The van der Waals surface area contributed by atoms with Crippen LogP contribution < -0.4 is 20.7 Å². The molecule has 3 fully saturated rings. The molecule has 0 saturated carbocycles. The molecule has 1 aromatic rings. The number of benzene rings is 1. The number of methoxy groups -OCH3 is 1. The van der Waals surface area contributed by atoms with Crippen molar-refractivity contribution < 1.29 is 76.8 Å². The van der Waals surface area contributed by atoms with Gasteiger partial charge in [0.05, 0.1) is 25.5 Å². The van der Waals surface area contributed by atoms with E-state index < -0.39 is 156 Å². The van der Waals surface area contributed by atoms with Crippen LogP contribution >= 0.6 is 0 Å². The third-order valence-corrected chi connectivity index (χ3v) is 15.8. The maximum atomic E-state index is 15.3. The second kappa shape index (κ2) is 30.6. The highest BCUT2D eigenvalue weighted by Gasteiger charge is 2.46. The second-order valence-corrected chi connectivity index (χ2v) is 23.5. The number of hydrogen-bond acceptors (Lipinski definition) is 16. The molecule has 13 atom stereocenters. The number of Topliss-reactive ketones (excluding diaryl/α,β-unsaturated/α-hetero) is 1. The molecule has 23 heteroatoms. The van der Waals surface area contributed by atoms with E-state index in [1.54, 1.807) is 52.0 Å². The van der Waals surface area contributed by atoms with E-state index in [4.69, 9.17) is 18.9 Å². The molecule has 0 bridgehead atoms. The Bertz CT molecular complexity index is 2450. The number of ether oxygens (including phenoxy) is 4. The Kier molecular flexibility index (Phi) is 25.3. The number of aliphatic hydroxyl groups is 1. The maximum absolute atomic E-state index is 15.3. The topological polar surface area (TPSA) is 294 Å². The van der Waals surface area contributed by atoms with Crippen molar-refractivity contribution in [1.82, 2.24) is 35.6 Å². The van der Waals surface area contributed by atoms with Crippen LogP contribution in [0.1, 0.15) is 140 Å². The molecule has 0 unspecified atom stereocenters. The monoisotopic (exact) mass is 1150 g/mol. The molecule has 82 heavy (non-hydrogen) atoms. The molecule has 3 aliphatic rings. The first-order chi connectivity index (χ1) is 38.4. The summed E-state index contributed by atoms with van der Waals surface area (Å²) < 4.78 is 23.1. The van der Waals surface area contributed by atoms with E-state index in [0.717, 1.165) is 6.92 Å². The average molecular weight is 1150 g/mol. The number of fused-ring (bicyclic) bond motifs is 1. The Hall–Kier alpha value is -6.65. The van der Waals surface area contributed by atoms with E-state index in [2.05, 4.69) is 16.0 Å². The van der Waals surface area contributed by atoms with Crippen LogP contribution in [0.4, 0.5) is 0 Å². The fraction of sp³-hybridized carbons (Fsp3) is 0.712. The number of esters is 3. The van der Waals surface area contributed by atoms with Crippen molar-refractivity contribution in [2.45, 2.75) is 208 Å². The summed E-state index contributed by atoms with van der Waals surface area (Å²) in [5, 5.41) is 18.5. The van der Waals surface area contributed by atoms with E-state index in [9.17, 15) is 48.3 Å². The first-order valence-electron chi connectivity index (χ1n) is 28.9. The van der Waals surface area contributed by atoms with Crippen LogP contribution in [0.5, 0.6) is 5.75 Å². The van der Waals surface area contributed by atoms with Gasteiger partial charge in [0.15, 0.2) is 11.9 Å². The Balaban J connectivity index is 1.94. The fourth-order valence-corrected chi connectivity index (χ4v) is 10.8. The number of nitrogens with zero attached hydrogens (tertiary/aromatic N) is 4. The first-order valence-corrected chi connectivity index (χ1v) is 28.9. The number of hydrogen-bond donors (Lipinski definition) is 4. The minimum absolute atomic E-state index is 0.0540. The van der Waals surface area contributed by atoms with Gasteiger partial charge in [-0.15, -0.1) is 0 Å². The predicted molar refractivity (Wildman–Crippen MR) is 300 cm³/mol. The van der Waals surface area contributed by atoms with Gasteiger partial charge in [-0.1, -0.05) is 73.9 Å². The Morgan fingerprint density at radius 3 is 2.05 bits per heavy atom. The summed E-state index contributed by atoms with van der Waals surface area (Å²) in [7, 11) is 4.28. The van der Waals surface area contributed by atoms with Gasteiger partial charge in [0, 0.05) is 40.5 Å². The fourth-order valence-electron chi connectivity index (χ4n) is 10.8. The predicted octanol–water partition coefficient (Wildman–Crippen LogP) is 2.89. The van der Waals surface area contributed by atoms with E-state index in [1.165, 1.54) is 61.6 Å². The number of carbonyl (C=O) groups is 11. The van der Waals surface area contributed by atoms with Crippen LogP contribution in [0.15, 0.2) is 24.3 Å². The number of likely N-dealkylation sites (tertiary alicyclic amines) is 1. The molecule has 3 aliphatic heterocycles. The van der Waals surface area contributed by atoms with E-state index in [1.807, 2.05) is 27.7 Å². The number of nitrogens with one attached hydrogen (secondary N) is 3. The number of likely N-dealkylation sites (N-methyl/N-ethyl adjacent to an activating group) is 2. The summed E-state index contributed by atoms with van der Waals surface area (Å²) in [6.45, 7) is 19.4. The molecule has 0 spiro atoms. The number of rotatable bonds is 16. The quantitative estimate of drug-likeness (QED) is 0.105. The van der Waals surface area contributed by atoms with Crippen LogP contribution in [-0.4, -0.2) is 191 Å². The van der Waals surface area contributed by atoms with Crippen molar-refractivity contribution >= 4 is 65.0 Å². The van der Waals surface area contributed by atoms with E-state index >= 15 is 9.59 Å². The summed E-state index contributed by atoms with van der Waals surface area (Å²) >= 11 is 0. The smallest absolute Gasteiger partial charge is 0.329 e. The summed E-state index contributed by atoms with van der Waals surface area (Å²) in [6.07, 6.45) is -4.98. The standard InChI is InChI=1S/C59H91N7O16/c1-16-34(8)48-46(81-38(12)68)30-47(69)82-51(33(6)7)50(70)35(9)52(71)60-41(27-31(2)3)56(75)66-26-18-20-43(66)58(77)64(14)45(29-39-21-23-40(79-15)24-22-39)59(78)80-37(11)49(54(73)61-48)62-53(72)44(28-32(4)5)63(13)57(76)42-19-17-25-65(42)55(74)36(10)67/h21-24,31-37,41-46,48-49,51,67H,16-20,25-30H2,1-15H3,(H,60,71)(H,61,73)(H,62,72)/t34-,35-,36-,37+,41-,42-,43-,44+,45-,46+,48-,49-,51-/m0/s1. The third-order valence-electron chi connectivity index (χ3n) is 15.8. The maximum Gasteiger partial charge on any atom is 0.329 e. The zero-order valence-electron chi connectivity index (χ0n) is 50.7. The van der Waals surface area contributed by atoms with Gasteiger partial charge in [0.1, 0.15) is 60.3 Å². The molecular formula is C59H91N7O16. The molecule has 458 valence electrons. The largest absolute Gasteiger partial charge is 0.497 e. The molecular weight excluding hydrogens is 1060 g/mol. The second-order valence-electron chi connectivity index (χ2n) is 23.5. The first kappa shape index (κ1) is 67.9. The SMILES string of the molecule is CC[C@H](C)[C@@H]1NC(=O)[C@@H](NC(=O)[C@@H](CC(C)C)N(C)C(=O)[C@@H]2CCCN2C(=O)[C@H](C)O)[C@@H](C)OC(=O)[C@H](Cc2ccc(OC)cc2)N(C)C(=O)[C@@H]2CCCN2C(=O)[C@H](CC(C)C)NC(=O)[C@@H](C)C(=O)[C@H](C(C)C)OC(=O)C[C@H]1OC(C)=O. The van der Waals surface area contributed by atoms with Crippen LogP contribution in [0, 0.1) is 29.6 Å². The van der Waals surface area contributed by atoms with E-state index in [-0.39, 0.29) is 57.0 Å². The normalized spacial score (nSPS) is 27.0. The summed E-state index contributed by atoms with van der Waals surface area (Å²) in [6, 6.07) is -2.34. The molecule has 4 N–H and O–H groups in total. The van der Waals surface area contributed by atoms with Crippen molar-refractivity contribution in [2.75, 3.05) is 34.3 Å².